The molecule has 0 N–H and O–H groups in total. The van der Waals surface area contributed by atoms with Crippen LogP contribution >= 0.6 is 0 Å². The van der Waals surface area contributed by atoms with Crippen LogP contribution in [0, 0.1) is 18.7 Å². The SMILES string of the molecule is COc1cccc(OC)c1C(=O)N1CCC(Cc2ccc(C)c(F)c2)C1. The van der Waals surface area contributed by atoms with E-state index in [0.717, 1.165) is 18.4 Å². The topological polar surface area (TPSA) is 38.8 Å². The van der Waals surface area contributed by atoms with Gasteiger partial charge in [0.15, 0.2) is 0 Å². The maximum atomic E-state index is 13.8. The first kappa shape index (κ1) is 18.2. The Kier molecular flexibility index (Phi) is 5.45. The Balaban J connectivity index is 1.72. The highest BCUT2D eigenvalue weighted by molar-refractivity contribution is 5.99. The molecule has 1 unspecified atom stereocenters. The molecule has 0 aromatic heterocycles. The van der Waals surface area contributed by atoms with E-state index < -0.39 is 0 Å². The van der Waals surface area contributed by atoms with Gasteiger partial charge in [-0.25, -0.2) is 4.39 Å². The van der Waals surface area contributed by atoms with E-state index in [4.69, 9.17) is 9.47 Å². The summed E-state index contributed by atoms with van der Waals surface area (Å²) in [5.74, 6) is 1.09. The summed E-state index contributed by atoms with van der Waals surface area (Å²) >= 11 is 0. The highest BCUT2D eigenvalue weighted by atomic mass is 19.1. The fraction of sp³-hybridized carbons (Fsp3) is 0.381. The minimum Gasteiger partial charge on any atom is -0.496 e. The van der Waals surface area contributed by atoms with Crippen LogP contribution in [0.25, 0.3) is 0 Å². The fourth-order valence-electron chi connectivity index (χ4n) is 3.50. The van der Waals surface area contributed by atoms with Gasteiger partial charge in [-0.3, -0.25) is 4.79 Å². The number of aryl methyl sites for hydroxylation is 1. The molecule has 0 radical (unpaired) electrons. The average Bonchev–Trinajstić information content (AvgIpc) is 3.12. The molecule has 1 aliphatic rings. The van der Waals surface area contributed by atoms with Gasteiger partial charge in [0, 0.05) is 13.1 Å². The number of methoxy groups -OCH3 is 2. The molecule has 1 heterocycles. The van der Waals surface area contributed by atoms with Gasteiger partial charge in [-0.15, -0.1) is 0 Å². The van der Waals surface area contributed by atoms with E-state index >= 15 is 0 Å². The van der Waals surface area contributed by atoms with Crippen LogP contribution in [0.15, 0.2) is 36.4 Å². The molecule has 1 fully saturated rings. The summed E-state index contributed by atoms with van der Waals surface area (Å²) in [6, 6.07) is 10.7. The number of amides is 1. The zero-order valence-electron chi connectivity index (χ0n) is 15.4. The molecule has 0 aliphatic carbocycles. The maximum Gasteiger partial charge on any atom is 0.261 e. The number of hydrogen-bond acceptors (Lipinski definition) is 3. The van der Waals surface area contributed by atoms with Gasteiger partial charge in [0.05, 0.1) is 14.2 Å². The molecule has 4 nitrogen and oxygen atoms in total. The van der Waals surface area contributed by atoms with E-state index in [1.807, 2.05) is 17.0 Å². The van der Waals surface area contributed by atoms with E-state index in [2.05, 4.69) is 0 Å². The lowest BCUT2D eigenvalue weighted by atomic mass is 9.98. The van der Waals surface area contributed by atoms with Crippen molar-refractivity contribution in [1.29, 1.82) is 0 Å². The van der Waals surface area contributed by atoms with Gasteiger partial charge in [-0.1, -0.05) is 18.2 Å². The third-order valence-corrected chi connectivity index (χ3v) is 4.98. The summed E-state index contributed by atoms with van der Waals surface area (Å²) in [5, 5.41) is 0. The Hall–Kier alpha value is -2.56. The number of halogens is 1. The van der Waals surface area contributed by atoms with Gasteiger partial charge in [0.1, 0.15) is 22.9 Å². The number of benzene rings is 2. The molecule has 138 valence electrons. The van der Waals surface area contributed by atoms with Gasteiger partial charge in [0.25, 0.3) is 5.91 Å². The zero-order valence-corrected chi connectivity index (χ0v) is 15.4. The first-order chi connectivity index (χ1) is 12.5. The van der Waals surface area contributed by atoms with Crippen molar-refractivity contribution in [3.63, 3.8) is 0 Å². The van der Waals surface area contributed by atoms with Crippen LogP contribution in [0.4, 0.5) is 4.39 Å². The van der Waals surface area contributed by atoms with Crippen LogP contribution in [0.2, 0.25) is 0 Å². The van der Waals surface area contributed by atoms with Crippen molar-refractivity contribution in [2.24, 2.45) is 5.92 Å². The third-order valence-electron chi connectivity index (χ3n) is 4.98. The van der Waals surface area contributed by atoms with Crippen LogP contribution in [0.5, 0.6) is 11.5 Å². The fourth-order valence-corrected chi connectivity index (χ4v) is 3.50. The van der Waals surface area contributed by atoms with Crippen molar-refractivity contribution in [2.75, 3.05) is 27.3 Å². The minimum atomic E-state index is -0.174. The Morgan fingerprint density at radius 1 is 1.19 bits per heavy atom. The lowest BCUT2D eigenvalue weighted by Gasteiger charge is -2.20. The quantitative estimate of drug-likeness (QED) is 0.816. The third kappa shape index (κ3) is 3.66. The van der Waals surface area contributed by atoms with E-state index in [0.29, 0.717) is 41.6 Å². The summed E-state index contributed by atoms with van der Waals surface area (Å²) < 4.78 is 24.4. The second-order valence-electron chi connectivity index (χ2n) is 6.73. The van der Waals surface area contributed by atoms with Gasteiger partial charge in [-0.05, 0) is 55.0 Å². The van der Waals surface area contributed by atoms with Crippen molar-refractivity contribution in [3.05, 3.63) is 58.9 Å². The highest BCUT2D eigenvalue weighted by Crippen LogP contribution is 2.32. The highest BCUT2D eigenvalue weighted by Gasteiger charge is 2.30. The molecule has 1 atom stereocenters. The van der Waals surface area contributed by atoms with Crippen molar-refractivity contribution in [2.45, 2.75) is 19.8 Å². The monoisotopic (exact) mass is 357 g/mol. The lowest BCUT2D eigenvalue weighted by molar-refractivity contribution is 0.0780. The predicted octanol–water partition coefficient (Wildman–Crippen LogP) is 3.86. The van der Waals surface area contributed by atoms with Crippen molar-refractivity contribution in [3.8, 4) is 11.5 Å². The number of rotatable bonds is 5. The Bertz CT molecular complexity index is 784. The van der Waals surface area contributed by atoms with E-state index in [-0.39, 0.29) is 11.7 Å². The predicted molar refractivity (Wildman–Crippen MR) is 98.4 cm³/mol. The molecule has 0 saturated carbocycles. The molecule has 0 bridgehead atoms. The standard InChI is InChI=1S/C21H24FNO3/c1-14-7-8-15(12-17(14)22)11-16-9-10-23(13-16)21(24)20-18(25-2)5-4-6-19(20)26-3/h4-8,12,16H,9-11,13H2,1-3H3. The van der Waals surface area contributed by atoms with Gasteiger partial charge in [0.2, 0.25) is 0 Å². The molecule has 3 rings (SSSR count). The number of hydrogen-bond donors (Lipinski definition) is 0. The number of ether oxygens (including phenoxy) is 2. The Morgan fingerprint density at radius 2 is 1.88 bits per heavy atom. The number of likely N-dealkylation sites (tertiary alicyclic amines) is 1. The molecule has 1 saturated heterocycles. The van der Waals surface area contributed by atoms with Crippen LogP contribution in [0.3, 0.4) is 0 Å². The van der Waals surface area contributed by atoms with Crippen LogP contribution in [-0.2, 0) is 6.42 Å². The van der Waals surface area contributed by atoms with Crippen molar-refractivity contribution < 1.29 is 18.7 Å². The first-order valence-corrected chi connectivity index (χ1v) is 8.78. The average molecular weight is 357 g/mol. The summed E-state index contributed by atoms with van der Waals surface area (Å²) in [6.07, 6.45) is 1.67. The molecule has 0 spiro atoms. The van der Waals surface area contributed by atoms with E-state index in [1.165, 1.54) is 0 Å². The lowest BCUT2D eigenvalue weighted by Crippen LogP contribution is -2.29. The summed E-state index contributed by atoms with van der Waals surface area (Å²) in [5.41, 5.74) is 2.09. The second-order valence-corrected chi connectivity index (χ2v) is 6.73. The largest absolute Gasteiger partial charge is 0.496 e. The Morgan fingerprint density at radius 3 is 2.50 bits per heavy atom. The Labute approximate surface area is 153 Å². The normalized spacial score (nSPS) is 16.6. The van der Waals surface area contributed by atoms with Crippen LogP contribution in [-0.4, -0.2) is 38.1 Å². The van der Waals surface area contributed by atoms with Gasteiger partial charge < -0.3 is 14.4 Å². The first-order valence-electron chi connectivity index (χ1n) is 8.78. The molecule has 1 amide bonds. The van der Waals surface area contributed by atoms with E-state index in [1.54, 1.807) is 45.4 Å². The van der Waals surface area contributed by atoms with Crippen molar-refractivity contribution >= 4 is 5.91 Å². The summed E-state index contributed by atoms with van der Waals surface area (Å²) in [6.45, 7) is 3.09. The van der Waals surface area contributed by atoms with Crippen LogP contribution < -0.4 is 9.47 Å². The summed E-state index contributed by atoms with van der Waals surface area (Å²) in [7, 11) is 3.09. The molecule has 2 aromatic rings. The van der Waals surface area contributed by atoms with Gasteiger partial charge >= 0.3 is 0 Å². The molecule has 26 heavy (non-hydrogen) atoms. The molecule has 5 heteroatoms. The van der Waals surface area contributed by atoms with Crippen molar-refractivity contribution in [1.82, 2.24) is 4.90 Å². The van der Waals surface area contributed by atoms with Crippen LogP contribution in [0.1, 0.15) is 27.9 Å². The molecular formula is C21H24FNO3. The number of nitrogens with zero attached hydrogens (tertiary/aromatic N) is 1. The van der Waals surface area contributed by atoms with Gasteiger partial charge in [-0.2, -0.15) is 0 Å². The molecular weight excluding hydrogens is 333 g/mol. The maximum absolute atomic E-state index is 13.8. The minimum absolute atomic E-state index is 0.0862. The number of carbonyl (C=O) groups excluding carboxylic acids is 1. The van der Waals surface area contributed by atoms with E-state index in [9.17, 15) is 9.18 Å². The molecule has 1 aliphatic heterocycles. The number of carbonyl (C=O) groups is 1. The molecule has 2 aromatic carbocycles. The smallest absolute Gasteiger partial charge is 0.261 e. The summed E-state index contributed by atoms with van der Waals surface area (Å²) in [4.78, 5) is 14.8. The second kappa shape index (κ2) is 7.77. The zero-order chi connectivity index (χ0) is 18.7.